The van der Waals surface area contributed by atoms with Gasteiger partial charge >= 0.3 is 5.97 Å². The summed E-state index contributed by atoms with van der Waals surface area (Å²) in [6.45, 7) is -0.0403. The first-order valence-electron chi connectivity index (χ1n) is 5.96. The van der Waals surface area contributed by atoms with Crippen LogP contribution in [-0.2, 0) is 9.53 Å². The molecule has 0 bridgehead atoms. The van der Waals surface area contributed by atoms with Gasteiger partial charge in [0.05, 0.1) is 24.7 Å². The van der Waals surface area contributed by atoms with E-state index in [1.165, 1.54) is 24.4 Å². The highest BCUT2D eigenvalue weighted by atomic mass is 16.5. The van der Waals surface area contributed by atoms with Gasteiger partial charge in [-0.25, -0.2) is 0 Å². The van der Waals surface area contributed by atoms with Crippen molar-refractivity contribution in [1.82, 2.24) is 9.88 Å². The lowest BCUT2D eigenvalue weighted by atomic mass is 10.1. The number of ether oxygens (including phenoxy) is 1. The Balaban J connectivity index is 2.83. The number of aromatic nitrogens is 1. The van der Waals surface area contributed by atoms with Gasteiger partial charge in [0.1, 0.15) is 6.61 Å². The summed E-state index contributed by atoms with van der Waals surface area (Å²) in [5, 5.41) is 8.70. The molecule has 0 aliphatic rings. The van der Waals surface area contributed by atoms with Crippen molar-refractivity contribution in [2.24, 2.45) is 0 Å². The fourth-order valence-electron chi connectivity index (χ4n) is 1.48. The van der Waals surface area contributed by atoms with E-state index >= 15 is 0 Å². The number of aliphatic hydroxyl groups is 1. The Kier molecular flexibility index (Phi) is 6.20. The molecule has 6 nitrogen and oxygen atoms in total. The van der Waals surface area contributed by atoms with Crippen molar-refractivity contribution in [3.63, 3.8) is 0 Å². The van der Waals surface area contributed by atoms with Gasteiger partial charge in [0.15, 0.2) is 0 Å². The van der Waals surface area contributed by atoms with Gasteiger partial charge < -0.3 is 14.7 Å². The molecule has 1 amide bonds. The fourth-order valence-corrected chi connectivity index (χ4v) is 1.48. The Labute approximate surface area is 117 Å². The van der Waals surface area contributed by atoms with Gasteiger partial charge in [-0.3, -0.25) is 14.6 Å². The molecule has 20 heavy (non-hydrogen) atoms. The smallest absolute Gasteiger partial charge is 0.307 e. The molecule has 1 rings (SSSR count). The van der Waals surface area contributed by atoms with Crippen LogP contribution in [0.15, 0.2) is 18.5 Å². The van der Waals surface area contributed by atoms with Crippen LogP contribution in [0.2, 0.25) is 0 Å². The minimum absolute atomic E-state index is 0.126. The number of carbonyl (C=O) groups is 2. The van der Waals surface area contributed by atoms with E-state index in [1.807, 2.05) is 0 Å². The third-order valence-corrected chi connectivity index (χ3v) is 2.58. The number of pyridine rings is 1. The largest absolute Gasteiger partial charge is 0.469 e. The van der Waals surface area contributed by atoms with E-state index in [9.17, 15) is 9.59 Å². The molecular weight excluding hydrogens is 260 g/mol. The minimum atomic E-state index is -0.375. The van der Waals surface area contributed by atoms with Crippen molar-refractivity contribution in [2.75, 3.05) is 27.3 Å². The van der Waals surface area contributed by atoms with Crippen LogP contribution in [0.5, 0.6) is 0 Å². The SMILES string of the molecule is COC(=O)CCN(C)C(=O)c1ccncc1C#CCO. The number of carbonyl (C=O) groups excluding carboxylic acids is 2. The summed E-state index contributed by atoms with van der Waals surface area (Å²) >= 11 is 0. The molecule has 1 N–H and O–H groups in total. The number of nitrogens with zero attached hydrogens (tertiary/aromatic N) is 2. The molecule has 1 aromatic rings. The second kappa shape index (κ2) is 7.92. The molecule has 1 aromatic heterocycles. The van der Waals surface area contributed by atoms with Crippen molar-refractivity contribution in [3.8, 4) is 11.8 Å². The standard InChI is InChI=1S/C14H16N2O4/c1-16(8-6-13(18)20-2)14(19)12-5-7-15-10-11(12)4-3-9-17/h5,7,10,17H,6,8-9H2,1-2H3. The Morgan fingerprint density at radius 3 is 2.90 bits per heavy atom. The first-order valence-corrected chi connectivity index (χ1v) is 5.96. The molecular formula is C14H16N2O4. The van der Waals surface area contributed by atoms with Crippen LogP contribution < -0.4 is 0 Å². The molecule has 0 spiro atoms. The number of amides is 1. The van der Waals surface area contributed by atoms with Gasteiger partial charge in [-0.15, -0.1) is 0 Å². The van der Waals surface area contributed by atoms with Crippen LogP contribution in [-0.4, -0.2) is 54.2 Å². The minimum Gasteiger partial charge on any atom is -0.469 e. The Hall–Kier alpha value is -2.39. The summed E-state index contributed by atoms with van der Waals surface area (Å²) in [7, 11) is 2.89. The lowest BCUT2D eigenvalue weighted by molar-refractivity contribution is -0.140. The number of hydrogen-bond donors (Lipinski definition) is 1. The Morgan fingerprint density at radius 2 is 2.25 bits per heavy atom. The summed E-state index contributed by atoms with van der Waals surface area (Å²) < 4.78 is 4.53. The maximum atomic E-state index is 12.2. The summed E-state index contributed by atoms with van der Waals surface area (Å²) in [6.07, 6.45) is 3.08. The highest BCUT2D eigenvalue weighted by Gasteiger charge is 2.16. The second-order valence-corrected chi connectivity index (χ2v) is 3.93. The van der Waals surface area contributed by atoms with Crippen molar-refractivity contribution in [1.29, 1.82) is 0 Å². The van der Waals surface area contributed by atoms with E-state index in [1.54, 1.807) is 13.1 Å². The van der Waals surface area contributed by atoms with Crippen molar-refractivity contribution < 1.29 is 19.4 Å². The number of rotatable bonds is 4. The molecule has 0 aliphatic carbocycles. The molecule has 0 radical (unpaired) electrons. The molecule has 0 atom stereocenters. The summed E-state index contributed by atoms with van der Waals surface area (Å²) in [4.78, 5) is 28.6. The van der Waals surface area contributed by atoms with Crippen LogP contribution in [0, 0.1) is 11.8 Å². The normalized spacial score (nSPS) is 9.35. The fraction of sp³-hybridized carbons (Fsp3) is 0.357. The summed E-state index contributed by atoms with van der Waals surface area (Å²) in [6, 6.07) is 1.55. The van der Waals surface area contributed by atoms with E-state index in [0.717, 1.165) is 0 Å². The van der Waals surface area contributed by atoms with Gasteiger partial charge in [0.25, 0.3) is 5.91 Å². The molecule has 1 heterocycles. The zero-order valence-corrected chi connectivity index (χ0v) is 11.4. The average molecular weight is 276 g/mol. The maximum absolute atomic E-state index is 12.2. The molecule has 0 saturated heterocycles. The summed E-state index contributed by atoms with van der Waals surface area (Å²) in [5.74, 6) is 4.51. The molecule has 0 fully saturated rings. The number of methoxy groups -OCH3 is 1. The van der Waals surface area contributed by atoms with Crippen molar-refractivity contribution in [2.45, 2.75) is 6.42 Å². The van der Waals surface area contributed by atoms with Crippen LogP contribution in [0.1, 0.15) is 22.3 Å². The predicted octanol–water partition coefficient (Wildman–Crippen LogP) is 0.0605. The number of esters is 1. The van der Waals surface area contributed by atoms with E-state index in [-0.39, 0.29) is 31.4 Å². The van der Waals surface area contributed by atoms with Crippen molar-refractivity contribution in [3.05, 3.63) is 29.6 Å². The molecule has 0 aliphatic heterocycles. The highest BCUT2D eigenvalue weighted by molar-refractivity contribution is 5.96. The zero-order valence-electron chi connectivity index (χ0n) is 11.4. The second-order valence-electron chi connectivity index (χ2n) is 3.93. The molecule has 0 aromatic carbocycles. The lowest BCUT2D eigenvalue weighted by Crippen LogP contribution is -2.29. The maximum Gasteiger partial charge on any atom is 0.307 e. The van der Waals surface area contributed by atoms with E-state index in [2.05, 4.69) is 21.6 Å². The summed E-state index contributed by atoms with van der Waals surface area (Å²) in [5.41, 5.74) is 0.824. The first-order chi connectivity index (χ1) is 9.60. The quantitative estimate of drug-likeness (QED) is 0.621. The molecule has 106 valence electrons. The lowest BCUT2D eigenvalue weighted by Gasteiger charge is -2.17. The van der Waals surface area contributed by atoms with Crippen LogP contribution >= 0.6 is 0 Å². The number of aliphatic hydroxyl groups excluding tert-OH is 1. The van der Waals surface area contributed by atoms with Gasteiger partial charge in [0.2, 0.25) is 0 Å². The van der Waals surface area contributed by atoms with Crippen LogP contribution in [0.4, 0.5) is 0 Å². The van der Waals surface area contributed by atoms with Gasteiger partial charge in [-0.2, -0.15) is 0 Å². The Morgan fingerprint density at radius 1 is 1.50 bits per heavy atom. The molecule has 0 saturated carbocycles. The number of hydrogen-bond acceptors (Lipinski definition) is 5. The Bertz CT molecular complexity index is 546. The third kappa shape index (κ3) is 4.37. The predicted molar refractivity (Wildman–Crippen MR) is 71.8 cm³/mol. The topological polar surface area (TPSA) is 79.7 Å². The third-order valence-electron chi connectivity index (χ3n) is 2.58. The molecule has 0 unspecified atom stereocenters. The van der Waals surface area contributed by atoms with Crippen LogP contribution in [0.3, 0.4) is 0 Å². The van der Waals surface area contributed by atoms with E-state index in [0.29, 0.717) is 11.1 Å². The van der Waals surface area contributed by atoms with E-state index in [4.69, 9.17) is 5.11 Å². The highest BCUT2D eigenvalue weighted by Crippen LogP contribution is 2.09. The van der Waals surface area contributed by atoms with Gasteiger partial charge in [-0.1, -0.05) is 11.8 Å². The first kappa shape index (κ1) is 15.7. The van der Waals surface area contributed by atoms with Gasteiger partial charge in [0, 0.05) is 26.0 Å². The van der Waals surface area contributed by atoms with Crippen molar-refractivity contribution >= 4 is 11.9 Å². The van der Waals surface area contributed by atoms with E-state index < -0.39 is 0 Å². The molecule has 6 heteroatoms. The zero-order chi connectivity index (χ0) is 15.0. The van der Waals surface area contributed by atoms with Crippen LogP contribution in [0.25, 0.3) is 0 Å². The monoisotopic (exact) mass is 276 g/mol. The van der Waals surface area contributed by atoms with Gasteiger partial charge in [-0.05, 0) is 6.07 Å². The average Bonchev–Trinajstić information content (AvgIpc) is 2.49.